The zero-order valence-electron chi connectivity index (χ0n) is 11.6. The van der Waals surface area contributed by atoms with E-state index < -0.39 is 16.1 Å². The van der Waals surface area contributed by atoms with Crippen molar-refractivity contribution < 1.29 is 0 Å². The first-order chi connectivity index (χ1) is 7.33. The van der Waals surface area contributed by atoms with E-state index in [9.17, 15) is 0 Å². The summed E-state index contributed by atoms with van der Waals surface area (Å²) in [6.45, 7) is 18.0. The van der Waals surface area contributed by atoms with Crippen LogP contribution >= 0.6 is 0 Å². The van der Waals surface area contributed by atoms with Gasteiger partial charge in [-0.05, 0) is 11.1 Å². The van der Waals surface area contributed by atoms with Gasteiger partial charge in [-0.2, -0.15) is 0 Å². The summed E-state index contributed by atoms with van der Waals surface area (Å²) >= 11 is 0. The Labute approximate surface area is 104 Å². The Morgan fingerprint density at radius 2 is 1.00 bits per heavy atom. The molecule has 0 N–H and O–H groups in total. The highest BCUT2D eigenvalue weighted by Gasteiger charge is 2.37. The molecule has 0 aromatic heterocycles. The predicted molar refractivity (Wildman–Crippen MR) is 81.3 cm³/mol. The van der Waals surface area contributed by atoms with Crippen LogP contribution in [0.25, 0.3) is 0 Å². The molecule has 0 bridgehead atoms. The lowest BCUT2D eigenvalue weighted by Crippen LogP contribution is -2.37. The van der Waals surface area contributed by atoms with E-state index in [-0.39, 0.29) is 0 Å². The molecule has 1 saturated carbocycles. The predicted octanol–water partition coefficient (Wildman–Crippen LogP) is 5.17. The molecule has 0 aliphatic heterocycles. The minimum absolute atomic E-state index is 0.982. The summed E-state index contributed by atoms with van der Waals surface area (Å²) in [5.74, 6) is 0. The first-order valence-corrected chi connectivity index (χ1v) is 12.9. The first-order valence-electron chi connectivity index (χ1n) is 6.60. The standard InChI is InChI=1S/C14H28Si2/c1-7-15(3,4)13-9-11-14(12-10-13)16(5,6)8-2/h7-8,13-14H,1-2,9-12H2,3-6H3. The highest BCUT2D eigenvalue weighted by atomic mass is 28.3. The molecule has 0 atom stereocenters. The summed E-state index contributed by atoms with van der Waals surface area (Å²) < 4.78 is 0. The van der Waals surface area contributed by atoms with E-state index in [0.29, 0.717) is 0 Å². The van der Waals surface area contributed by atoms with Crippen molar-refractivity contribution in [2.75, 3.05) is 0 Å². The maximum atomic E-state index is 4.05. The van der Waals surface area contributed by atoms with Gasteiger partial charge in [0.15, 0.2) is 0 Å². The van der Waals surface area contributed by atoms with Crippen LogP contribution in [0.2, 0.25) is 37.3 Å². The Bertz CT molecular complexity index is 230. The molecule has 1 fully saturated rings. The molecule has 1 aliphatic carbocycles. The lowest BCUT2D eigenvalue weighted by atomic mass is 9.99. The Morgan fingerprint density at radius 3 is 1.19 bits per heavy atom. The average Bonchev–Trinajstić information content (AvgIpc) is 2.29. The molecule has 1 rings (SSSR count). The molecule has 0 unspecified atom stereocenters. The number of rotatable bonds is 4. The Morgan fingerprint density at radius 1 is 0.750 bits per heavy atom. The van der Waals surface area contributed by atoms with Gasteiger partial charge in [-0.25, -0.2) is 0 Å². The van der Waals surface area contributed by atoms with Crippen molar-refractivity contribution >= 4 is 16.1 Å². The third kappa shape index (κ3) is 2.98. The topological polar surface area (TPSA) is 0 Å². The van der Waals surface area contributed by atoms with Gasteiger partial charge in [-0.1, -0.05) is 51.9 Å². The lowest BCUT2D eigenvalue weighted by molar-refractivity contribution is 0.484. The van der Waals surface area contributed by atoms with E-state index in [1.54, 1.807) is 0 Å². The second kappa shape index (κ2) is 5.05. The zero-order chi connectivity index (χ0) is 12.4. The highest BCUT2D eigenvalue weighted by Crippen LogP contribution is 2.45. The van der Waals surface area contributed by atoms with Crippen molar-refractivity contribution in [1.82, 2.24) is 0 Å². The Balaban J connectivity index is 2.58. The van der Waals surface area contributed by atoms with Crippen LogP contribution in [0.3, 0.4) is 0 Å². The van der Waals surface area contributed by atoms with Crippen LogP contribution in [0.5, 0.6) is 0 Å². The monoisotopic (exact) mass is 252 g/mol. The summed E-state index contributed by atoms with van der Waals surface area (Å²) in [7, 11) is -2.24. The minimum atomic E-state index is -1.12. The molecule has 92 valence electrons. The fourth-order valence-electron chi connectivity index (χ4n) is 2.91. The molecule has 0 aromatic carbocycles. The summed E-state index contributed by atoms with van der Waals surface area (Å²) in [5, 5.41) is 0. The summed E-state index contributed by atoms with van der Waals surface area (Å²) in [6.07, 6.45) is 5.78. The molecule has 16 heavy (non-hydrogen) atoms. The molecule has 0 nitrogen and oxygen atoms in total. The molecule has 0 saturated heterocycles. The number of hydrogen-bond donors (Lipinski definition) is 0. The minimum Gasteiger partial charge on any atom is -0.107 e. The van der Waals surface area contributed by atoms with Gasteiger partial charge < -0.3 is 0 Å². The van der Waals surface area contributed by atoms with Crippen LogP contribution in [0.1, 0.15) is 25.7 Å². The maximum absolute atomic E-state index is 4.05. The van der Waals surface area contributed by atoms with Crippen LogP contribution < -0.4 is 0 Å². The first kappa shape index (κ1) is 14.0. The normalized spacial score (nSPS) is 27.5. The van der Waals surface area contributed by atoms with Gasteiger partial charge in [0.1, 0.15) is 0 Å². The molecule has 0 spiro atoms. The fourth-order valence-corrected chi connectivity index (χ4v) is 7.22. The molecular formula is C14H28Si2. The fraction of sp³-hybridized carbons (Fsp3) is 0.714. The number of hydrogen-bond acceptors (Lipinski definition) is 0. The van der Waals surface area contributed by atoms with E-state index >= 15 is 0 Å². The second-order valence-electron chi connectivity index (χ2n) is 6.60. The van der Waals surface area contributed by atoms with Crippen LogP contribution in [0.4, 0.5) is 0 Å². The zero-order valence-corrected chi connectivity index (χ0v) is 13.6. The van der Waals surface area contributed by atoms with Gasteiger partial charge in [-0.15, -0.1) is 24.6 Å². The SMILES string of the molecule is C=C[Si](C)(C)C1CCC([Si](C)(C)C=C)CC1. The lowest BCUT2D eigenvalue weighted by Gasteiger charge is -2.40. The van der Waals surface area contributed by atoms with Crippen molar-refractivity contribution in [3.05, 3.63) is 24.6 Å². The second-order valence-corrected chi connectivity index (χ2v) is 16.3. The van der Waals surface area contributed by atoms with E-state index in [2.05, 4.69) is 50.7 Å². The summed E-state index contributed by atoms with van der Waals surface area (Å²) in [4.78, 5) is 0. The summed E-state index contributed by atoms with van der Waals surface area (Å²) in [5.41, 5.74) is 6.54. The molecule has 2 heteroatoms. The Kier molecular flexibility index (Phi) is 4.41. The van der Waals surface area contributed by atoms with Gasteiger partial charge in [0, 0.05) is 0 Å². The maximum Gasteiger partial charge on any atom is 0.0740 e. The molecule has 0 heterocycles. The molecule has 0 amide bonds. The van der Waals surface area contributed by atoms with Gasteiger partial charge in [0.05, 0.1) is 16.1 Å². The highest BCUT2D eigenvalue weighted by molar-refractivity contribution is 6.84. The molecule has 1 aliphatic rings. The van der Waals surface area contributed by atoms with Gasteiger partial charge >= 0.3 is 0 Å². The van der Waals surface area contributed by atoms with Crippen LogP contribution in [-0.2, 0) is 0 Å². The van der Waals surface area contributed by atoms with Crippen molar-refractivity contribution in [2.24, 2.45) is 0 Å². The Hall–Kier alpha value is -0.0862. The van der Waals surface area contributed by atoms with E-state index in [4.69, 9.17) is 0 Å². The van der Waals surface area contributed by atoms with Crippen molar-refractivity contribution in [2.45, 2.75) is 63.0 Å². The van der Waals surface area contributed by atoms with Crippen LogP contribution in [0, 0.1) is 0 Å². The third-order valence-electron chi connectivity index (χ3n) is 4.88. The van der Waals surface area contributed by atoms with Crippen LogP contribution in [-0.4, -0.2) is 16.1 Å². The van der Waals surface area contributed by atoms with Gasteiger partial charge in [0.25, 0.3) is 0 Å². The quantitative estimate of drug-likeness (QED) is 0.606. The van der Waals surface area contributed by atoms with Crippen molar-refractivity contribution in [3.8, 4) is 0 Å². The van der Waals surface area contributed by atoms with Crippen molar-refractivity contribution in [1.29, 1.82) is 0 Å². The van der Waals surface area contributed by atoms with E-state index in [1.165, 1.54) is 25.7 Å². The molecule has 0 radical (unpaired) electrons. The summed E-state index contributed by atoms with van der Waals surface area (Å²) in [6, 6.07) is 0. The smallest absolute Gasteiger partial charge is 0.0740 e. The molecular weight excluding hydrogens is 224 g/mol. The van der Waals surface area contributed by atoms with Crippen LogP contribution in [0.15, 0.2) is 24.6 Å². The van der Waals surface area contributed by atoms with E-state index in [1.807, 2.05) is 0 Å². The van der Waals surface area contributed by atoms with Crippen molar-refractivity contribution in [3.63, 3.8) is 0 Å². The average molecular weight is 253 g/mol. The third-order valence-corrected chi connectivity index (χ3v) is 12.4. The molecule has 0 aromatic rings. The van der Waals surface area contributed by atoms with E-state index in [0.717, 1.165) is 11.1 Å². The largest absolute Gasteiger partial charge is 0.107 e. The van der Waals surface area contributed by atoms with Gasteiger partial charge in [0.2, 0.25) is 0 Å². The van der Waals surface area contributed by atoms with Gasteiger partial charge in [-0.3, -0.25) is 0 Å².